The molecule has 128 valence electrons. The molecular formula is C18H14F2N2O3. The summed E-state index contributed by atoms with van der Waals surface area (Å²) in [5.41, 5.74) is 1.05. The van der Waals surface area contributed by atoms with E-state index in [4.69, 9.17) is 15.1 Å². The summed E-state index contributed by atoms with van der Waals surface area (Å²) in [6, 6.07) is 10.5. The van der Waals surface area contributed by atoms with E-state index in [0.717, 1.165) is 17.7 Å². The molecule has 1 aliphatic rings. The molecule has 0 bridgehead atoms. The van der Waals surface area contributed by atoms with E-state index >= 15 is 0 Å². The average Bonchev–Trinajstić information content (AvgIpc) is 2.65. The molecule has 1 aliphatic heterocycles. The second kappa shape index (κ2) is 6.87. The summed E-state index contributed by atoms with van der Waals surface area (Å²) in [7, 11) is 0. The summed E-state index contributed by atoms with van der Waals surface area (Å²) in [6.07, 6.45) is -0.433. The van der Waals surface area contributed by atoms with Crippen LogP contribution >= 0.6 is 0 Å². The second-order valence-electron chi connectivity index (χ2n) is 5.64. The first-order valence-electron chi connectivity index (χ1n) is 7.58. The Morgan fingerprint density at radius 1 is 1.28 bits per heavy atom. The zero-order valence-electron chi connectivity index (χ0n) is 13.1. The summed E-state index contributed by atoms with van der Waals surface area (Å²) in [5.74, 6) is -4.03. The van der Waals surface area contributed by atoms with Gasteiger partial charge in [-0.15, -0.1) is 0 Å². The molecule has 1 atom stereocenters. The zero-order chi connectivity index (χ0) is 18.0. The first kappa shape index (κ1) is 16.9. The van der Waals surface area contributed by atoms with Gasteiger partial charge in [-0.25, -0.2) is 8.78 Å². The fourth-order valence-corrected chi connectivity index (χ4v) is 2.72. The largest absolute Gasteiger partial charge is 0.503 e. The lowest BCUT2D eigenvalue weighted by molar-refractivity contribution is -0.0228. The van der Waals surface area contributed by atoms with Gasteiger partial charge in [0.15, 0.2) is 17.4 Å². The number of halogens is 2. The quantitative estimate of drug-likeness (QED) is 0.909. The maximum atomic E-state index is 13.5. The number of ether oxygens (including phenoxy) is 1. The first-order chi connectivity index (χ1) is 12.0. The Balaban J connectivity index is 1.81. The van der Waals surface area contributed by atoms with Gasteiger partial charge in [0.05, 0.1) is 24.8 Å². The predicted octanol–water partition coefficient (Wildman–Crippen LogP) is 2.76. The van der Waals surface area contributed by atoms with E-state index in [-0.39, 0.29) is 25.3 Å². The number of nitriles is 1. The monoisotopic (exact) mass is 344 g/mol. The van der Waals surface area contributed by atoms with Gasteiger partial charge in [0.2, 0.25) is 0 Å². The fraction of sp³-hybridized carbons (Fsp3) is 0.222. The van der Waals surface area contributed by atoms with Crippen LogP contribution in [-0.4, -0.2) is 35.6 Å². The Morgan fingerprint density at radius 2 is 2.00 bits per heavy atom. The van der Waals surface area contributed by atoms with Gasteiger partial charge in [0.25, 0.3) is 5.91 Å². The van der Waals surface area contributed by atoms with Gasteiger partial charge in [0, 0.05) is 12.1 Å². The Kier molecular flexibility index (Phi) is 4.63. The highest BCUT2D eigenvalue weighted by atomic mass is 19.1. The summed E-state index contributed by atoms with van der Waals surface area (Å²) >= 11 is 0. The molecule has 25 heavy (non-hydrogen) atoms. The summed E-state index contributed by atoms with van der Waals surface area (Å²) in [6.45, 7) is 0.728. The van der Waals surface area contributed by atoms with Gasteiger partial charge >= 0.3 is 0 Å². The maximum Gasteiger partial charge on any atom is 0.254 e. The third kappa shape index (κ3) is 3.44. The Labute approximate surface area is 142 Å². The average molecular weight is 344 g/mol. The zero-order valence-corrected chi connectivity index (χ0v) is 13.1. The molecule has 2 aromatic carbocycles. The number of carbonyl (C=O) groups excluding carboxylic acids is 1. The smallest absolute Gasteiger partial charge is 0.254 e. The van der Waals surface area contributed by atoms with Gasteiger partial charge in [-0.3, -0.25) is 4.79 Å². The topological polar surface area (TPSA) is 73.6 Å². The van der Waals surface area contributed by atoms with E-state index in [0.29, 0.717) is 5.56 Å². The molecule has 7 heteroatoms. The molecule has 0 spiro atoms. The minimum atomic E-state index is -1.19. The molecule has 0 radical (unpaired) electrons. The Hall–Kier alpha value is -2.98. The van der Waals surface area contributed by atoms with Gasteiger partial charge in [-0.2, -0.15) is 5.26 Å². The first-order valence-corrected chi connectivity index (χ1v) is 7.58. The van der Waals surface area contributed by atoms with Crippen molar-refractivity contribution in [3.8, 4) is 11.8 Å². The number of rotatable bonds is 2. The van der Waals surface area contributed by atoms with Crippen LogP contribution in [0.15, 0.2) is 36.4 Å². The number of hydrogen-bond donors (Lipinski definition) is 1. The molecule has 3 rings (SSSR count). The van der Waals surface area contributed by atoms with Crippen LogP contribution in [0.25, 0.3) is 0 Å². The summed E-state index contributed by atoms with van der Waals surface area (Å²) in [4.78, 5) is 13.9. The van der Waals surface area contributed by atoms with Crippen LogP contribution in [0.1, 0.15) is 27.6 Å². The molecule has 0 aliphatic carbocycles. The lowest BCUT2D eigenvalue weighted by atomic mass is 10.0. The number of hydrogen-bond acceptors (Lipinski definition) is 4. The normalized spacial score (nSPS) is 17.2. The van der Waals surface area contributed by atoms with Crippen molar-refractivity contribution in [3.63, 3.8) is 0 Å². The van der Waals surface area contributed by atoms with Crippen LogP contribution in [0.2, 0.25) is 0 Å². The standard InChI is InChI=1S/C18H14F2N2O3/c19-14-7-13(8-15(20)17(14)23)18(24)22-4-5-25-16(10-22)12-3-1-2-11(6-12)9-21/h1-3,6-8,16,23H,4-5,10H2/t16-/m1/s1. The minimum absolute atomic E-state index is 0.181. The molecule has 5 nitrogen and oxygen atoms in total. The highest BCUT2D eigenvalue weighted by Gasteiger charge is 2.27. The molecule has 0 aromatic heterocycles. The van der Waals surface area contributed by atoms with Crippen molar-refractivity contribution in [1.82, 2.24) is 4.90 Å². The van der Waals surface area contributed by atoms with E-state index in [1.165, 1.54) is 4.90 Å². The van der Waals surface area contributed by atoms with E-state index in [2.05, 4.69) is 0 Å². The predicted molar refractivity (Wildman–Crippen MR) is 83.8 cm³/mol. The van der Waals surface area contributed by atoms with Crippen LogP contribution in [0.3, 0.4) is 0 Å². The van der Waals surface area contributed by atoms with Crippen molar-refractivity contribution >= 4 is 5.91 Å². The number of amides is 1. The van der Waals surface area contributed by atoms with Crippen LogP contribution in [0.5, 0.6) is 5.75 Å². The molecular weight excluding hydrogens is 330 g/mol. The van der Waals surface area contributed by atoms with Gasteiger partial charge in [-0.05, 0) is 29.8 Å². The molecule has 1 heterocycles. The molecule has 1 saturated heterocycles. The van der Waals surface area contributed by atoms with Crippen LogP contribution in [0.4, 0.5) is 8.78 Å². The highest BCUT2D eigenvalue weighted by Crippen LogP contribution is 2.26. The molecule has 1 fully saturated rings. The van der Waals surface area contributed by atoms with Crippen molar-refractivity contribution in [2.24, 2.45) is 0 Å². The third-order valence-corrected chi connectivity index (χ3v) is 4.01. The number of carbonyl (C=O) groups is 1. The van der Waals surface area contributed by atoms with Crippen molar-refractivity contribution in [2.75, 3.05) is 19.7 Å². The molecule has 0 saturated carbocycles. The molecule has 1 amide bonds. The number of nitrogens with zero attached hydrogens (tertiary/aromatic N) is 2. The summed E-state index contributed by atoms with van der Waals surface area (Å²) < 4.78 is 32.6. The Morgan fingerprint density at radius 3 is 2.68 bits per heavy atom. The molecule has 0 unspecified atom stereocenters. The highest BCUT2D eigenvalue weighted by molar-refractivity contribution is 5.94. The van der Waals surface area contributed by atoms with Crippen LogP contribution in [0, 0.1) is 23.0 Å². The Bertz CT molecular complexity index is 841. The number of benzene rings is 2. The van der Waals surface area contributed by atoms with Crippen LogP contribution in [-0.2, 0) is 4.74 Å². The number of phenolic OH excluding ortho intramolecular Hbond substituents is 1. The minimum Gasteiger partial charge on any atom is -0.503 e. The molecule has 1 N–H and O–H groups in total. The van der Waals surface area contributed by atoms with E-state index < -0.39 is 29.4 Å². The van der Waals surface area contributed by atoms with Gasteiger partial charge in [0.1, 0.15) is 6.10 Å². The lowest BCUT2D eigenvalue weighted by Crippen LogP contribution is -2.42. The van der Waals surface area contributed by atoms with Gasteiger partial charge < -0.3 is 14.7 Å². The second-order valence-corrected chi connectivity index (χ2v) is 5.64. The fourth-order valence-electron chi connectivity index (χ4n) is 2.72. The van der Waals surface area contributed by atoms with Gasteiger partial charge in [-0.1, -0.05) is 12.1 Å². The third-order valence-electron chi connectivity index (χ3n) is 4.01. The number of phenols is 1. The van der Waals surface area contributed by atoms with E-state index in [1.807, 2.05) is 6.07 Å². The van der Waals surface area contributed by atoms with Crippen LogP contribution < -0.4 is 0 Å². The SMILES string of the molecule is N#Cc1cccc([C@H]2CN(C(=O)c3cc(F)c(O)c(F)c3)CCO2)c1. The maximum absolute atomic E-state index is 13.5. The summed E-state index contributed by atoms with van der Waals surface area (Å²) in [5, 5.41) is 18.1. The number of morpholine rings is 1. The molecule has 2 aromatic rings. The van der Waals surface area contributed by atoms with Crippen molar-refractivity contribution in [2.45, 2.75) is 6.10 Å². The lowest BCUT2D eigenvalue weighted by Gasteiger charge is -2.33. The van der Waals surface area contributed by atoms with Crippen molar-refractivity contribution in [1.29, 1.82) is 5.26 Å². The van der Waals surface area contributed by atoms with Crippen molar-refractivity contribution in [3.05, 3.63) is 64.7 Å². The van der Waals surface area contributed by atoms with Crippen molar-refractivity contribution < 1.29 is 23.4 Å². The van der Waals surface area contributed by atoms with E-state index in [1.54, 1.807) is 24.3 Å². The number of aromatic hydroxyl groups is 1. The van der Waals surface area contributed by atoms with E-state index in [9.17, 15) is 13.6 Å².